The molecule has 0 unspecified atom stereocenters. The third kappa shape index (κ3) is 2.38. The topological polar surface area (TPSA) is 38.9 Å². The minimum Gasteiger partial charge on any atom is -0.420 e. The van der Waals surface area contributed by atoms with Crippen molar-refractivity contribution in [2.24, 2.45) is 0 Å². The van der Waals surface area contributed by atoms with E-state index in [1.165, 1.54) is 25.7 Å². The van der Waals surface area contributed by atoms with E-state index in [1.54, 1.807) is 0 Å². The van der Waals surface area contributed by atoms with E-state index >= 15 is 0 Å². The second-order valence-corrected chi connectivity index (χ2v) is 6.32. The van der Waals surface area contributed by atoms with Crippen molar-refractivity contribution in [1.29, 1.82) is 0 Å². The zero-order chi connectivity index (χ0) is 12.5. The van der Waals surface area contributed by atoms with Crippen LogP contribution in [0.2, 0.25) is 0 Å². The van der Waals surface area contributed by atoms with Gasteiger partial charge in [0.1, 0.15) is 0 Å². The van der Waals surface area contributed by atoms with Crippen molar-refractivity contribution >= 4 is 31.9 Å². The molecule has 1 saturated carbocycles. The van der Waals surface area contributed by atoms with Gasteiger partial charge in [-0.1, -0.05) is 28.8 Å². The molecule has 3 nitrogen and oxygen atoms in total. The van der Waals surface area contributed by atoms with Crippen LogP contribution in [-0.4, -0.2) is 10.2 Å². The van der Waals surface area contributed by atoms with Crippen LogP contribution in [0.5, 0.6) is 0 Å². The van der Waals surface area contributed by atoms with E-state index in [2.05, 4.69) is 42.1 Å². The maximum atomic E-state index is 5.82. The number of nitrogens with zero attached hydrogens (tertiary/aromatic N) is 2. The van der Waals surface area contributed by atoms with E-state index < -0.39 is 0 Å². The van der Waals surface area contributed by atoms with E-state index in [-0.39, 0.29) is 0 Å². The first kappa shape index (κ1) is 12.4. The fraction of sp³-hybridized carbons (Fsp3) is 0.385. The first-order valence-corrected chi connectivity index (χ1v) is 7.61. The summed E-state index contributed by atoms with van der Waals surface area (Å²) in [6, 6.07) is 5.93. The van der Waals surface area contributed by atoms with E-state index in [9.17, 15) is 0 Å². The lowest BCUT2D eigenvalue weighted by atomic mass is 10.1. The van der Waals surface area contributed by atoms with E-state index in [0.717, 1.165) is 20.4 Å². The predicted octanol–water partition coefficient (Wildman–Crippen LogP) is 4.92. The molecule has 0 saturated heterocycles. The van der Waals surface area contributed by atoms with Crippen LogP contribution in [0, 0.1) is 0 Å². The highest BCUT2D eigenvalue weighted by molar-refractivity contribution is 9.11. The smallest absolute Gasteiger partial charge is 0.248 e. The predicted molar refractivity (Wildman–Crippen MR) is 76.3 cm³/mol. The van der Waals surface area contributed by atoms with E-state index in [4.69, 9.17) is 4.42 Å². The number of rotatable bonds is 2. The summed E-state index contributed by atoms with van der Waals surface area (Å²) in [5, 5.41) is 8.36. The molecule has 0 atom stereocenters. The first-order valence-electron chi connectivity index (χ1n) is 6.03. The highest BCUT2D eigenvalue weighted by Gasteiger charge is 2.23. The van der Waals surface area contributed by atoms with Gasteiger partial charge in [-0.3, -0.25) is 0 Å². The molecular weight excluding hydrogens is 360 g/mol. The Hall–Kier alpha value is -0.680. The van der Waals surface area contributed by atoms with Gasteiger partial charge in [0.25, 0.3) is 0 Å². The van der Waals surface area contributed by atoms with Gasteiger partial charge in [-0.15, -0.1) is 10.2 Å². The van der Waals surface area contributed by atoms with Crippen LogP contribution in [0.15, 0.2) is 31.6 Å². The summed E-state index contributed by atoms with van der Waals surface area (Å²) in [6.07, 6.45) is 4.87. The van der Waals surface area contributed by atoms with E-state index in [1.807, 2.05) is 18.2 Å². The Morgan fingerprint density at radius 1 is 1.11 bits per heavy atom. The van der Waals surface area contributed by atoms with Crippen LogP contribution >= 0.6 is 31.9 Å². The molecule has 0 spiro atoms. The summed E-state index contributed by atoms with van der Waals surface area (Å²) < 4.78 is 7.78. The second-order valence-electron chi connectivity index (χ2n) is 4.55. The molecule has 18 heavy (non-hydrogen) atoms. The Morgan fingerprint density at radius 2 is 1.89 bits per heavy atom. The molecule has 3 rings (SSSR count). The van der Waals surface area contributed by atoms with Crippen molar-refractivity contribution in [2.45, 2.75) is 31.6 Å². The fourth-order valence-corrected chi connectivity index (χ4v) is 3.12. The van der Waals surface area contributed by atoms with Gasteiger partial charge in [0.15, 0.2) is 0 Å². The quantitative estimate of drug-likeness (QED) is 0.752. The first-order chi connectivity index (χ1) is 8.74. The largest absolute Gasteiger partial charge is 0.420 e. The van der Waals surface area contributed by atoms with Crippen LogP contribution in [0.25, 0.3) is 11.5 Å². The van der Waals surface area contributed by atoms with E-state index in [0.29, 0.717) is 11.8 Å². The summed E-state index contributed by atoms with van der Waals surface area (Å²) in [7, 11) is 0. The minimum absolute atomic E-state index is 0.456. The summed E-state index contributed by atoms with van der Waals surface area (Å²) >= 11 is 6.97. The van der Waals surface area contributed by atoms with Crippen molar-refractivity contribution in [1.82, 2.24) is 10.2 Å². The molecule has 94 valence electrons. The van der Waals surface area contributed by atoms with Crippen LogP contribution in [0.1, 0.15) is 37.5 Å². The highest BCUT2D eigenvalue weighted by atomic mass is 79.9. The summed E-state index contributed by atoms with van der Waals surface area (Å²) in [6.45, 7) is 0. The van der Waals surface area contributed by atoms with Crippen LogP contribution in [-0.2, 0) is 0 Å². The normalized spacial score (nSPS) is 16.3. The lowest BCUT2D eigenvalue weighted by Gasteiger charge is -2.02. The van der Waals surface area contributed by atoms with Crippen molar-refractivity contribution in [3.8, 4) is 11.5 Å². The Balaban J connectivity index is 1.94. The highest BCUT2D eigenvalue weighted by Crippen LogP contribution is 2.36. The summed E-state index contributed by atoms with van der Waals surface area (Å²) in [5.41, 5.74) is 0.932. The number of halogens is 2. The van der Waals surface area contributed by atoms with Crippen LogP contribution in [0.4, 0.5) is 0 Å². The molecule has 1 fully saturated rings. The third-order valence-electron chi connectivity index (χ3n) is 3.30. The van der Waals surface area contributed by atoms with Gasteiger partial charge in [-0.05, 0) is 47.0 Å². The Morgan fingerprint density at radius 3 is 2.67 bits per heavy atom. The molecule has 0 N–H and O–H groups in total. The van der Waals surface area contributed by atoms with Gasteiger partial charge >= 0.3 is 0 Å². The van der Waals surface area contributed by atoms with Crippen molar-refractivity contribution in [3.05, 3.63) is 33.0 Å². The Bertz CT molecular complexity index is 562. The number of aromatic nitrogens is 2. The minimum atomic E-state index is 0.456. The van der Waals surface area contributed by atoms with Crippen molar-refractivity contribution in [3.63, 3.8) is 0 Å². The Kier molecular flexibility index (Phi) is 3.52. The van der Waals surface area contributed by atoms with Crippen LogP contribution in [0.3, 0.4) is 0 Å². The Labute approximate surface area is 122 Å². The molecular formula is C13H12Br2N2O. The fourth-order valence-electron chi connectivity index (χ4n) is 2.34. The molecule has 1 heterocycles. The number of hydrogen-bond donors (Lipinski definition) is 0. The standard InChI is InChI=1S/C13H12Br2N2O/c14-9-5-6-11(15)10(7-9)13-17-16-12(18-13)8-3-1-2-4-8/h5-8H,1-4H2. The molecule has 0 bridgehead atoms. The second kappa shape index (κ2) is 5.13. The van der Waals surface area contributed by atoms with Gasteiger partial charge in [-0.2, -0.15) is 0 Å². The molecule has 1 aliphatic carbocycles. The number of benzene rings is 1. The molecule has 0 radical (unpaired) electrons. The van der Waals surface area contributed by atoms with Crippen molar-refractivity contribution < 1.29 is 4.42 Å². The SMILES string of the molecule is Brc1ccc(Br)c(-c2nnc(C3CCCC3)o2)c1. The molecule has 0 amide bonds. The summed E-state index contributed by atoms with van der Waals surface area (Å²) in [4.78, 5) is 0. The maximum Gasteiger partial charge on any atom is 0.248 e. The van der Waals surface area contributed by atoms with Crippen LogP contribution < -0.4 is 0 Å². The monoisotopic (exact) mass is 370 g/mol. The van der Waals surface area contributed by atoms with Crippen molar-refractivity contribution in [2.75, 3.05) is 0 Å². The summed E-state index contributed by atoms with van der Waals surface area (Å²) in [5.74, 6) is 1.83. The zero-order valence-corrected chi connectivity index (χ0v) is 12.9. The van der Waals surface area contributed by atoms with Gasteiger partial charge in [0.2, 0.25) is 11.8 Å². The molecule has 5 heteroatoms. The average molecular weight is 372 g/mol. The molecule has 1 aromatic heterocycles. The van der Waals surface area contributed by atoms with Gasteiger partial charge in [0, 0.05) is 14.9 Å². The molecule has 2 aromatic rings. The van der Waals surface area contributed by atoms with Gasteiger partial charge in [-0.25, -0.2) is 0 Å². The maximum absolute atomic E-state index is 5.82. The lowest BCUT2D eigenvalue weighted by Crippen LogP contribution is -1.91. The third-order valence-corrected chi connectivity index (χ3v) is 4.49. The molecule has 1 aliphatic rings. The van der Waals surface area contributed by atoms with Gasteiger partial charge < -0.3 is 4.42 Å². The molecule has 1 aromatic carbocycles. The average Bonchev–Trinajstić information content (AvgIpc) is 3.00. The van der Waals surface area contributed by atoms with Gasteiger partial charge in [0.05, 0.1) is 5.56 Å². The molecule has 0 aliphatic heterocycles. The lowest BCUT2D eigenvalue weighted by molar-refractivity contribution is 0.457. The zero-order valence-electron chi connectivity index (χ0n) is 9.70. The number of hydrogen-bond acceptors (Lipinski definition) is 3.